The van der Waals surface area contributed by atoms with Crippen LogP contribution in [-0.2, 0) is 4.79 Å². The summed E-state index contributed by atoms with van der Waals surface area (Å²) in [5.74, 6) is 0. The van der Waals surface area contributed by atoms with Crippen molar-refractivity contribution in [2.45, 2.75) is 38.5 Å². The Balaban J connectivity index is 2.62. The minimum Gasteiger partial charge on any atom is -0.303 e. The molecule has 0 aliphatic heterocycles. The van der Waals surface area contributed by atoms with Gasteiger partial charge in [-0.3, -0.25) is 0 Å². The Morgan fingerprint density at radius 1 is 1.06 bits per heavy atom. The maximum absolute atomic E-state index is 10.3. The van der Waals surface area contributed by atoms with Crippen molar-refractivity contribution in [3.05, 3.63) is 54.6 Å². The van der Waals surface area contributed by atoms with Crippen molar-refractivity contribution in [1.82, 2.24) is 0 Å². The van der Waals surface area contributed by atoms with Crippen LogP contribution in [0.15, 0.2) is 49.1 Å². The predicted octanol–water partition coefficient (Wildman–Crippen LogP) is 4.80. The number of hydrogen-bond acceptors (Lipinski definition) is 1. The summed E-state index contributed by atoms with van der Waals surface area (Å²) in [5.41, 5.74) is 2.69. The van der Waals surface area contributed by atoms with Crippen LogP contribution in [0.1, 0.15) is 44.1 Å². The largest absolute Gasteiger partial charge is 0.303 e. The molecule has 0 aliphatic rings. The van der Waals surface area contributed by atoms with E-state index in [4.69, 9.17) is 0 Å². The first-order valence-corrected chi connectivity index (χ1v) is 6.67. The van der Waals surface area contributed by atoms with Gasteiger partial charge < -0.3 is 4.79 Å². The lowest BCUT2D eigenvalue weighted by molar-refractivity contribution is -0.107. The molecule has 0 spiro atoms. The van der Waals surface area contributed by atoms with Crippen LogP contribution in [0.25, 0.3) is 5.57 Å². The molecule has 96 valence electrons. The first-order valence-electron chi connectivity index (χ1n) is 6.67. The van der Waals surface area contributed by atoms with Gasteiger partial charge in [-0.05, 0) is 43.2 Å². The minimum absolute atomic E-state index is 0.658. The van der Waals surface area contributed by atoms with Crippen molar-refractivity contribution in [3.8, 4) is 0 Å². The smallest absolute Gasteiger partial charge is 0.120 e. The second-order valence-electron chi connectivity index (χ2n) is 4.37. The first-order chi connectivity index (χ1) is 8.88. The highest BCUT2D eigenvalue weighted by atomic mass is 16.1. The van der Waals surface area contributed by atoms with Crippen LogP contribution in [0, 0.1) is 0 Å². The first kappa shape index (κ1) is 14.4. The summed E-state index contributed by atoms with van der Waals surface area (Å²) in [6, 6.07) is 10.5. The van der Waals surface area contributed by atoms with Crippen LogP contribution in [-0.4, -0.2) is 6.29 Å². The average Bonchev–Trinajstić information content (AvgIpc) is 2.42. The number of carbonyl (C=O) groups excluding carboxylic acids is 1. The highest BCUT2D eigenvalue weighted by Crippen LogP contribution is 2.21. The number of hydrogen-bond donors (Lipinski definition) is 0. The van der Waals surface area contributed by atoms with Crippen molar-refractivity contribution in [2.24, 2.45) is 0 Å². The fourth-order valence-electron chi connectivity index (χ4n) is 1.93. The van der Waals surface area contributed by atoms with Crippen molar-refractivity contribution in [1.29, 1.82) is 0 Å². The van der Waals surface area contributed by atoms with Gasteiger partial charge in [0, 0.05) is 6.42 Å². The van der Waals surface area contributed by atoms with Gasteiger partial charge in [0.15, 0.2) is 0 Å². The highest BCUT2D eigenvalue weighted by molar-refractivity contribution is 5.65. The lowest BCUT2D eigenvalue weighted by Gasteiger charge is -2.07. The molecule has 1 aromatic carbocycles. The van der Waals surface area contributed by atoms with Crippen LogP contribution in [0.5, 0.6) is 0 Å². The zero-order valence-corrected chi connectivity index (χ0v) is 11.0. The van der Waals surface area contributed by atoms with E-state index in [0.717, 1.165) is 38.4 Å². The van der Waals surface area contributed by atoms with E-state index in [0.29, 0.717) is 6.42 Å². The molecule has 0 fully saturated rings. The molecular formula is C17H22O. The molecule has 0 unspecified atom stereocenters. The lowest BCUT2D eigenvalue weighted by Crippen LogP contribution is -1.86. The molecular weight excluding hydrogens is 220 g/mol. The molecule has 0 aromatic heterocycles. The van der Waals surface area contributed by atoms with Crippen LogP contribution in [0.4, 0.5) is 0 Å². The van der Waals surface area contributed by atoms with E-state index < -0.39 is 0 Å². The molecule has 1 aromatic rings. The van der Waals surface area contributed by atoms with E-state index >= 15 is 0 Å². The standard InChI is InChI=1S/C17H22O/c1-2-3-6-11-16(14-9-5-10-15-18)17-12-7-4-8-13-17/h2,4,7-8,12-15H,1,3,5-6,9-11H2/b16-14+. The van der Waals surface area contributed by atoms with Crippen molar-refractivity contribution in [2.75, 3.05) is 0 Å². The van der Waals surface area contributed by atoms with E-state index in [9.17, 15) is 4.79 Å². The lowest BCUT2D eigenvalue weighted by atomic mass is 9.98. The molecule has 1 rings (SSSR count). The van der Waals surface area contributed by atoms with Crippen molar-refractivity contribution >= 4 is 11.9 Å². The summed E-state index contributed by atoms with van der Waals surface area (Å²) in [4.78, 5) is 10.3. The molecule has 18 heavy (non-hydrogen) atoms. The van der Waals surface area contributed by atoms with E-state index in [1.807, 2.05) is 12.1 Å². The Kier molecular flexibility index (Phi) is 7.54. The molecule has 0 saturated heterocycles. The molecule has 0 N–H and O–H groups in total. The van der Waals surface area contributed by atoms with Crippen LogP contribution in [0.3, 0.4) is 0 Å². The zero-order valence-electron chi connectivity index (χ0n) is 11.0. The van der Waals surface area contributed by atoms with E-state index in [-0.39, 0.29) is 0 Å². The Bertz CT molecular complexity index is 376. The number of rotatable bonds is 9. The molecule has 0 heterocycles. The average molecular weight is 242 g/mol. The molecule has 0 atom stereocenters. The normalized spacial score (nSPS) is 11.2. The zero-order chi connectivity index (χ0) is 13.1. The van der Waals surface area contributed by atoms with E-state index in [1.54, 1.807) is 0 Å². The Hall–Kier alpha value is -1.63. The second-order valence-corrected chi connectivity index (χ2v) is 4.37. The minimum atomic E-state index is 0.658. The molecule has 1 nitrogen and oxygen atoms in total. The second kappa shape index (κ2) is 9.41. The summed E-state index contributed by atoms with van der Waals surface area (Å²) in [5, 5.41) is 0. The number of aldehydes is 1. The van der Waals surface area contributed by atoms with Gasteiger partial charge in [-0.15, -0.1) is 6.58 Å². The monoisotopic (exact) mass is 242 g/mol. The summed E-state index contributed by atoms with van der Waals surface area (Å²) in [6.07, 6.45) is 11.1. The molecule has 0 bridgehead atoms. The van der Waals surface area contributed by atoms with Gasteiger partial charge in [-0.1, -0.05) is 42.5 Å². The molecule has 1 heteroatoms. The van der Waals surface area contributed by atoms with Crippen molar-refractivity contribution < 1.29 is 4.79 Å². The van der Waals surface area contributed by atoms with Gasteiger partial charge in [-0.25, -0.2) is 0 Å². The van der Waals surface area contributed by atoms with Crippen LogP contribution < -0.4 is 0 Å². The van der Waals surface area contributed by atoms with Gasteiger partial charge >= 0.3 is 0 Å². The van der Waals surface area contributed by atoms with Gasteiger partial charge in [0.1, 0.15) is 6.29 Å². The SMILES string of the molecule is C=CCCC/C(=C\CCCC=O)c1ccccc1. The van der Waals surface area contributed by atoms with E-state index in [2.05, 4.69) is 36.9 Å². The number of benzene rings is 1. The molecule has 0 radical (unpaired) electrons. The topological polar surface area (TPSA) is 17.1 Å². The predicted molar refractivity (Wildman–Crippen MR) is 78.4 cm³/mol. The summed E-state index contributed by atoms with van der Waals surface area (Å²) in [7, 11) is 0. The van der Waals surface area contributed by atoms with Crippen molar-refractivity contribution in [3.63, 3.8) is 0 Å². The molecule has 0 aliphatic carbocycles. The molecule has 0 amide bonds. The van der Waals surface area contributed by atoms with Gasteiger partial charge in [-0.2, -0.15) is 0 Å². The number of unbranched alkanes of at least 4 members (excludes halogenated alkanes) is 3. The Morgan fingerprint density at radius 3 is 2.50 bits per heavy atom. The molecule has 0 saturated carbocycles. The van der Waals surface area contributed by atoms with Gasteiger partial charge in [0.05, 0.1) is 0 Å². The summed E-state index contributed by atoms with van der Waals surface area (Å²) >= 11 is 0. The van der Waals surface area contributed by atoms with Gasteiger partial charge in [0.25, 0.3) is 0 Å². The fraction of sp³-hybridized carbons (Fsp3) is 0.353. The third-order valence-electron chi connectivity index (χ3n) is 2.92. The summed E-state index contributed by atoms with van der Waals surface area (Å²) in [6.45, 7) is 3.76. The van der Waals surface area contributed by atoms with Gasteiger partial charge in [0.2, 0.25) is 0 Å². The number of carbonyl (C=O) groups is 1. The van der Waals surface area contributed by atoms with Crippen LogP contribution in [0.2, 0.25) is 0 Å². The highest BCUT2D eigenvalue weighted by Gasteiger charge is 2.00. The quantitative estimate of drug-likeness (QED) is 0.345. The number of allylic oxidation sites excluding steroid dienone is 3. The third kappa shape index (κ3) is 5.62. The Morgan fingerprint density at radius 2 is 1.83 bits per heavy atom. The van der Waals surface area contributed by atoms with E-state index in [1.165, 1.54) is 11.1 Å². The maximum Gasteiger partial charge on any atom is 0.120 e. The van der Waals surface area contributed by atoms with Crippen LogP contribution >= 0.6 is 0 Å². The summed E-state index contributed by atoms with van der Waals surface area (Å²) < 4.78 is 0. The Labute approximate surface area is 110 Å². The third-order valence-corrected chi connectivity index (χ3v) is 2.92. The fourth-order valence-corrected chi connectivity index (χ4v) is 1.93. The maximum atomic E-state index is 10.3.